The summed E-state index contributed by atoms with van der Waals surface area (Å²) in [6.45, 7) is 0. The summed E-state index contributed by atoms with van der Waals surface area (Å²) in [5, 5.41) is 0.459. The number of thiazole rings is 1. The summed E-state index contributed by atoms with van der Waals surface area (Å²) in [6, 6.07) is 12.3. The minimum atomic E-state index is -0.432. The Labute approximate surface area is 155 Å². The predicted molar refractivity (Wildman–Crippen MR) is 98.2 cm³/mol. The summed E-state index contributed by atoms with van der Waals surface area (Å²) in [6.07, 6.45) is 0. The maximum atomic E-state index is 13.0. The average molecular weight is 388 g/mol. The molecule has 2 aromatic carbocycles. The first kappa shape index (κ1) is 14.9. The van der Waals surface area contributed by atoms with E-state index in [1.54, 1.807) is 22.6 Å². The molecule has 0 saturated heterocycles. The van der Waals surface area contributed by atoms with Crippen molar-refractivity contribution in [3.63, 3.8) is 0 Å². The number of carbonyl (C=O) groups excluding carboxylic acids is 2. The fourth-order valence-electron chi connectivity index (χ4n) is 3.05. The minimum absolute atomic E-state index is 0.174. The third kappa shape index (κ3) is 1.87. The van der Waals surface area contributed by atoms with Crippen LogP contribution in [0.1, 0.15) is 20.2 Å². The summed E-state index contributed by atoms with van der Waals surface area (Å²) in [5.74, 6) is -0.845. The van der Waals surface area contributed by atoms with Crippen LogP contribution >= 0.6 is 34.5 Å². The molecule has 0 spiro atoms. The molecule has 0 atom stereocenters. The molecule has 5 rings (SSSR count). The zero-order valence-electron chi connectivity index (χ0n) is 12.4. The average Bonchev–Trinajstić information content (AvgIpc) is 3.20. The summed E-state index contributed by atoms with van der Waals surface area (Å²) in [4.78, 5) is 32.4. The molecule has 3 heterocycles. The molecule has 0 unspecified atom stereocenters. The van der Waals surface area contributed by atoms with Crippen LogP contribution in [0.5, 0.6) is 0 Å². The van der Waals surface area contributed by atoms with Crippen LogP contribution in [0, 0.1) is 0 Å². The van der Waals surface area contributed by atoms with Crippen molar-refractivity contribution in [2.24, 2.45) is 0 Å². The molecule has 0 radical (unpaired) electrons. The van der Waals surface area contributed by atoms with Gasteiger partial charge < -0.3 is 0 Å². The van der Waals surface area contributed by atoms with Gasteiger partial charge in [0.15, 0.2) is 4.96 Å². The van der Waals surface area contributed by atoms with Crippen LogP contribution in [0.2, 0.25) is 10.0 Å². The second kappa shape index (κ2) is 5.05. The number of para-hydroxylation sites is 2. The highest BCUT2D eigenvalue weighted by atomic mass is 35.5. The number of imide groups is 1. The Balaban J connectivity index is 1.78. The lowest BCUT2D eigenvalue weighted by Gasteiger charge is -2.16. The highest BCUT2D eigenvalue weighted by molar-refractivity contribution is 7.19. The summed E-state index contributed by atoms with van der Waals surface area (Å²) >= 11 is 13.4. The van der Waals surface area contributed by atoms with Gasteiger partial charge in [0.05, 0.1) is 26.8 Å². The van der Waals surface area contributed by atoms with Gasteiger partial charge in [0.1, 0.15) is 10.6 Å². The number of imidazole rings is 1. The minimum Gasteiger partial charge on any atom is -0.277 e. The quantitative estimate of drug-likeness (QED) is 0.446. The molecule has 0 aliphatic carbocycles. The van der Waals surface area contributed by atoms with Crippen LogP contribution in [0.15, 0.2) is 42.5 Å². The molecule has 8 heteroatoms. The van der Waals surface area contributed by atoms with Gasteiger partial charge in [-0.05, 0) is 24.3 Å². The van der Waals surface area contributed by atoms with E-state index in [0.717, 1.165) is 15.9 Å². The van der Waals surface area contributed by atoms with Crippen molar-refractivity contribution >= 4 is 68.0 Å². The fraction of sp³-hybridized carbons (Fsp3) is 0. The maximum absolute atomic E-state index is 13.0. The molecule has 1 aliphatic rings. The van der Waals surface area contributed by atoms with Crippen LogP contribution in [-0.2, 0) is 0 Å². The van der Waals surface area contributed by atoms with E-state index in [2.05, 4.69) is 4.98 Å². The fourth-order valence-corrected chi connectivity index (χ4v) is 4.49. The summed E-state index contributed by atoms with van der Waals surface area (Å²) in [5.41, 5.74) is 2.16. The second-order valence-corrected chi connectivity index (χ2v) is 7.28. The number of anilines is 1. The maximum Gasteiger partial charge on any atom is 0.284 e. The Kier molecular flexibility index (Phi) is 3.01. The molecular weight excluding hydrogens is 381 g/mol. The van der Waals surface area contributed by atoms with E-state index < -0.39 is 11.8 Å². The van der Waals surface area contributed by atoms with Crippen molar-refractivity contribution in [1.29, 1.82) is 0 Å². The van der Waals surface area contributed by atoms with Crippen LogP contribution in [-0.4, -0.2) is 21.2 Å². The van der Waals surface area contributed by atoms with Gasteiger partial charge in [-0.15, -0.1) is 0 Å². The molecule has 0 bridgehead atoms. The van der Waals surface area contributed by atoms with Crippen molar-refractivity contribution in [3.05, 3.63) is 63.1 Å². The zero-order valence-corrected chi connectivity index (χ0v) is 14.7. The van der Waals surface area contributed by atoms with E-state index in [1.807, 2.05) is 24.3 Å². The van der Waals surface area contributed by atoms with E-state index in [1.165, 1.54) is 11.3 Å². The lowest BCUT2D eigenvalue weighted by Crippen LogP contribution is -2.30. The summed E-state index contributed by atoms with van der Waals surface area (Å²) in [7, 11) is 0. The normalized spacial score (nSPS) is 14.1. The van der Waals surface area contributed by atoms with Crippen molar-refractivity contribution in [2.75, 3.05) is 4.90 Å². The Bertz CT molecular complexity index is 1230. The molecule has 1 aliphatic heterocycles. The van der Waals surface area contributed by atoms with E-state index in [9.17, 15) is 9.59 Å². The van der Waals surface area contributed by atoms with Gasteiger partial charge in [0.25, 0.3) is 11.8 Å². The number of hydrogen-bond acceptors (Lipinski definition) is 4. The van der Waals surface area contributed by atoms with Crippen LogP contribution in [0.4, 0.5) is 5.69 Å². The van der Waals surface area contributed by atoms with Crippen molar-refractivity contribution in [3.8, 4) is 0 Å². The van der Waals surface area contributed by atoms with Gasteiger partial charge in [0, 0.05) is 0 Å². The van der Waals surface area contributed by atoms with Gasteiger partial charge >= 0.3 is 0 Å². The molecular formula is C17H7Cl2N3O2S. The number of rotatable bonds is 1. The number of fused-ring (bicyclic) bond motifs is 5. The van der Waals surface area contributed by atoms with Crippen LogP contribution in [0.25, 0.3) is 16.0 Å². The molecule has 5 nitrogen and oxygen atoms in total. The van der Waals surface area contributed by atoms with E-state index in [4.69, 9.17) is 23.2 Å². The molecule has 0 saturated carbocycles. The SMILES string of the molecule is O=C1c2sc3nc4ccccc4n3c2C(=O)N1c1cccc(Cl)c1Cl. The smallest absolute Gasteiger partial charge is 0.277 e. The van der Waals surface area contributed by atoms with Gasteiger partial charge in [-0.2, -0.15) is 0 Å². The predicted octanol–water partition coefficient (Wildman–Crippen LogP) is 4.66. The lowest BCUT2D eigenvalue weighted by atomic mass is 10.3. The number of benzene rings is 2. The molecule has 2 aromatic heterocycles. The van der Waals surface area contributed by atoms with Crippen molar-refractivity contribution in [2.45, 2.75) is 0 Å². The molecule has 0 N–H and O–H groups in total. The Morgan fingerprint density at radius 3 is 2.60 bits per heavy atom. The van der Waals surface area contributed by atoms with E-state index >= 15 is 0 Å². The van der Waals surface area contributed by atoms with E-state index in [0.29, 0.717) is 15.5 Å². The number of nitrogens with zero attached hydrogens (tertiary/aromatic N) is 3. The molecule has 2 amide bonds. The standard InChI is InChI=1S/C17H7Cl2N3O2S/c18-8-4-3-7-11(12(8)19)22-15(23)13-14(16(22)24)25-17-20-9-5-1-2-6-10(9)21(13)17/h1-7H. The first-order valence-electron chi connectivity index (χ1n) is 7.30. The highest BCUT2D eigenvalue weighted by Crippen LogP contribution is 2.40. The highest BCUT2D eigenvalue weighted by Gasteiger charge is 2.42. The van der Waals surface area contributed by atoms with Gasteiger partial charge in [-0.3, -0.25) is 14.0 Å². The Morgan fingerprint density at radius 1 is 0.960 bits per heavy atom. The van der Waals surface area contributed by atoms with Gasteiger partial charge in [-0.1, -0.05) is 52.7 Å². The first-order chi connectivity index (χ1) is 12.1. The second-order valence-electron chi connectivity index (χ2n) is 5.52. The number of carbonyl (C=O) groups is 2. The Hall–Kier alpha value is -2.41. The van der Waals surface area contributed by atoms with Crippen LogP contribution in [0.3, 0.4) is 0 Å². The van der Waals surface area contributed by atoms with Gasteiger partial charge in [0.2, 0.25) is 0 Å². The summed E-state index contributed by atoms with van der Waals surface area (Å²) < 4.78 is 1.73. The Morgan fingerprint density at radius 2 is 1.76 bits per heavy atom. The zero-order chi connectivity index (χ0) is 17.3. The third-order valence-corrected chi connectivity index (χ3v) is 5.97. The molecule has 25 heavy (non-hydrogen) atoms. The monoisotopic (exact) mass is 387 g/mol. The van der Waals surface area contributed by atoms with E-state index in [-0.39, 0.29) is 15.7 Å². The number of halogens is 2. The molecule has 4 aromatic rings. The number of aromatic nitrogens is 2. The number of amides is 2. The van der Waals surface area contributed by atoms with Crippen molar-refractivity contribution in [1.82, 2.24) is 9.38 Å². The third-order valence-electron chi connectivity index (χ3n) is 4.14. The van der Waals surface area contributed by atoms with Gasteiger partial charge in [-0.25, -0.2) is 9.88 Å². The lowest BCUT2D eigenvalue weighted by molar-refractivity contribution is 0.0925. The topological polar surface area (TPSA) is 54.7 Å². The van der Waals surface area contributed by atoms with Crippen molar-refractivity contribution < 1.29 is 9.59 Å². The molecule has 0 fully saturated rings. The largest absolute Gasteiger partial charge is 0.284 e. The number of hydrogen-bond donors (Lipinski definition) is 0. The van der Waals surface area contributed by atoms with Crippen LogP contribution < -0.4 is 4.90 Å². The molecule has 122 valence electrons. The first-order valence-corrected chi connectivity index (χ1v) is 8.88.